The topological polar surface area (TPSA) is 61.7 Å². The Balaban J connectivity index is 1.73. The van der Waals surface area contributed by atoms with Crippen molar-refractivity contribution in [2.75, 3.05) is 44.6 Å². The number of fused-ring (bicyclic) bond motifs is 1. The Labute approximate surface area is 140 Å². The van der Waals surface area contributed by atoms with E-state index in [0.717, 1.165) is 29.8 Å². The number of pyridine rings is 2. The molecule has 1 aliphatic heterocycles. The first kappa shape index (κ1) is 16.2. The van der Waals surface area contributed by atoms with Gasteiger partial charge in [-0.2, -0.15) is 0 Å². The molecule has 0 radical (unpaired) electrons. The molecule has 1 aliphatic rings. The van der Waals surface area contributed by atoms with E-state index in [1.807, 2.05) is 25.2 Å². The van der Waals surface area contributed by atoms with Crippen LogP contribution in [0, 0.1) is 0 Å². The molecule has 3 heterocycles. The molecule has 0 amide bonds. The molecule has 1 atom stereocenters. The van der Waals surface area contributed by atoms with E-state index in [1.54, 1.807) is 13.3 Å². The summed E-state index contributed by atoms with van der Waals surface area (Å²) in [4.78, 5) is 13.3. The number of anilines is 1. The average Bonchev–Trinajstić information content (AvgIpc) is 2.53. The van der Waals surface area contributed by atoms with Crippen LogP contribution in [0.3, 0.4) is 0 Å². The van der Waals surface area contributed by atoms with Gasteiger partial charge in [-0.05, 0) is 19.2 Å². The predicted molar refractivity (Wildman–Crippen MR) is 91.4 cm³/mol. The third kappa shape index (κ3) is 3.34. The largest absolute Gasteiger partial charge is 0.481 e. The van der Waals surface area contributed by atoms with Crippen LogP contribution in [0.25, 0.3) is 11.0 Å². The zero-order valence-corrected chi connectivity index (χ0v) is 14.1. The number of aliphatic hydroxyl groups excluding tert-OH is 1. The number of likely N-dealkylation sites (N-methyl/N-ethyl adjacent to an activating group) is 1. The maximum Gasteiger partial charge on any atom is 0.213 e. The standard InChI is InChI=1S/C16H21ClN4O2/c1-20(10-12(22)7-17)11-8-21(9-11)14-5-6-18-13-3-4-15(23-2)19-16(13)14/h3-6,11-12,22H,7-10H2,1-2H3/t12-/m0/s1. The third-order valence-corrected chi connectivity index (χ3v) is 4.61. The third-order valence-electron chi connectivity index (χ3n) is 4.25. The summed E-state index contributed by atoms with van der Waals surface area (Å²) in [6, 6.07) is 6.13. The van der Waals surface area contributed by atoms with Gasteiger partial charge in [0.15, 0.2) is 0 Å². The molecule has 23 heavy (non-hydrogen) atoms. The summed E-state index contributed by atoms with van der Waals surface area (Å²) < 4.78 is 5.22. The molecule has 0 saturated carbocycles. The zero-order valence-electron chi connectivity index (χ0n) is 13.3. The van der Waals surface area contributed by atoms with E-state index in [2.05, 4.69) is 19.8 Å². The maximum atomic E-state index is 9.66. The molecular weight excluding hydrogens is 316 g/mol. The lowest BCUT2D eigenvalue weighted by Crippen LogP contribution is -2.59. The maximum absolute atomic E-state index is 9.66. The van der Waals surface area contributed by atoms with Crippen molar-refractivity contribution in [1.29, 1.82) is 0 Å². The lowest BCUT2D eigenvalue weighted by atomic mass is 10.1. The average molecular weight is 337 g/mol. The van der Waals surface area contributed by atoms with Gasteiger partial charge in [0.1, 0.15) is 5.52 Å². The molecule has 0 unspecified atom stereocenters. The van der Waals surface area contributed by atoms with Crippen molar-refractivity contribution in [3.05, 3.63) is 24.4 Å². The normalized spacial score (nSPS) is 16.7. The zero-order chi connectivity index (χ0) is 16.4. The lowest BCUT2D eigenvalue weighted by Gasteiger charge is -2.45. The molecule has 1 N–H and O–H groups in total. The van der Waals surface area contributed by atoms with Gasteiger partial charge in [0, 0.05) is 43.8 Å². The number of hydrogen-bond donors (Lipinski definition) is 1. The molecule has 0 spiro atoms. The number of alkyl halides is 1. The summed E-state index contributed by atoms with van der Waals surface area (Å²) in [7, 11) is 3.63. The van der Waals surface area contributed by atoms with Gasteiger partial charge in [-0.3, -0.25) is 9.88 Å². The molecular formula is C16H21ClN4O2. The van der Waals surface area contributed by atoms with Crippen LogP contribution in [-0.2, 0) is 0 Å². The van der Waals surface area contributed by atoms with E-state index in [0.29, 0.717) is 18.5 Å². The molecule has 2 aromatic rings. The molecule has 7 heteroatoms. The highest BCUT2D eigenvalue weighted by atomic mass is 35.5. The Kier molecular flexibility index (Phi) is 4.84. The monoisotopic (exact) mass is 336 g/mol. The van der Waals surface area contributed by atoms with Crippen LogP contribution >= 0.6 is 11.6 Å². The summed E-state index contributed by atoms with van der Waals surface area (Å²) in [5.41, 5.74) is 2.78. The lowest BCUT2D eigenvalue weighted by molar-refractivity contribution is 0.108. The Hall–Kier alpha value is -1.63. The van der Waals surface area contributed by atoms with Crippen LogP contribution in [-0.4, -0.2) is 71.8 Å². The van der Waals surface area contributed by atoms with Crippen molar-refractivity contribution in [3.8, 4) is 5.88 Å². The van der Waals surface area contributed by atoms with Crippen molar-refractivity contribution >= 4 is 28.3 Å². The summed E-state index contributed by atoms with van der Waals surface area (Å²) in [6.07, 6.45) is 1.32. The van der Waals surface area contributed by atoms with Crippen molar-refractivity contribution in [2.24, 2.45) is 0 Å². The van der Waals surface area contributed by atoms with Crippen LogP contribution < -0.4 is 9.64 Å². The van der Waals surface area contributed by atoms with Crippen molar-refractivity contribution in [2.45, 2.75) is 12.1 Å². The Bertz CT molecular complexity index is 678. The highest BCUT2D eigenvalue weighted by Crippen LogP contribution is 2.30. The Morgan fingerprint density at radius 3 is 2.91 bits per heavy atom. The summed E-state index contributed by atoms with van der Waals surface area (Å²) in [6.45, 7) is 2.37. The van der Waals surface area contributed by atoms with E-state index in [9.17, 15) is 5.11 Å². The van der Waals surface area contributed by atoms with Crippen LogP contribution in [0.4, 0.5) is 5.69 Å². The van der Waals surface area contributed by atoms with Crippen LogP contribution in [0.2, 0.25) is 0 Å². The molecule has 3 rings (SSSR count). The van der Waals surface area contributed by atoms with Gasteiger partial charge in [0.25, 0.3) is 0 Å². The molecule has 0 aliphatic carbocycles. The van der Waals surface area contributed by atoms with Gasteiger partial charge in [0.05, 0.1) is 24.4 Å². The van der Waals surface area contributed by atoms with E-state index >= 15 is 0 Å². The first-order chi connectivity index (χ1) is 11.1. The second kappa shape index (κ2) is 6.86. The number of rotatable bonds is 6. The van der Waals surface area contributed by atoms with Crippen LogP contribution in [0.1, 0.15) is 0 Å². The van der Waals surface area contributed by atoms with Crippen molar-refractivity contribution in [3.63, 3.8) is 0 Å². The minimum Gasteiger partial charge on any atom is -0.481 e. The van der Waals surface area contributed by atoms with Gasteiger partial charge < -0.3 is 14.7 Å². The Morgan fingerprint density at radius 2 is 2.22 bits per heavy atom. The van der Waals surface area contributed by atoms with Gasteiger partial charge in [-0.1, -0.05) is 0 Å². The number of methoxy groups -OCH3 is 1. The smallest absolute Gasteiger partial charge is 0.213 e. The van der Waals surface area contributed by atoms with E-state index in [-0.39, 0.29) is 5.88 Å². The highest BCUT2D eigenvalue weighted by Gasteiger charge is 2.32. The predicted octanol–water partition coefficient (Wildman–Crippen LogP) is 1.36. The summed E-state index contributed by atoms with van der Waals surface area (Å²) >= 11 is 5.67. The van der Waals surface area contributed by atoms with Crippen molar-refractivity contribution in [1.82, 2.24) is 14.9 Å². The number of halogens is 1. The highest BCUT2D eigenvalue weighted by molar-refractivity contribution is 6.18. The minimum atomic E-state index is -0.483. The molecule has 124 valence electrons. The summed E-state index contributed by atoms with van der Waals surface area (Å²) in [5, 5.41) is 9.66. The Morgan fingerprint density at radius 1 is 1.43 bits per heavy atom. The molecule has 2 aromatic heterocycles. The molecule has 1 saturated heterocycles. The van der Waals surface area contributed by atoms with Gasteiger partial charge in [-0.15, -0.1) is 11.6 Å². The second-order valence-corrected chi connectivity index (χ2v) is 6.17. The fraction of sp³-hybridized carbons (Fsp3) is 0.500. The van der Waals surface area contributed by atoms with Crippen molar-refractivity contribution < 1.29 is 9.84 Å². The fourth-order valence-electron chi connectivity index (χ4n) is 2.82. The molecule has 0 bridgehead atoms. The van der Waals surface area contributed by atoms with Gasteiger partial charge in [0.2, 0.25) is 5.88 Å². The number of ether oxygens (including phenoxy) is 1. The number of nitrogens with zero attached hydrogens (tertiary/aromatic N) is 4. The fourth-order valence-corrected chi connectivity index (χ4v) is 2.92. The summed E-state index contributed by atoms with van der Waals surface area (Å²) in [5.74, 6) is 0.852. The number of aromatic nitrogens is 2. The van der Waals surface area contributed by atoms with Gasteiger partial charge >= 0.3 is 0 Å². The molecule has 0 aromatic carbocycles. The van der Waals surface area contributed by atoms with Gasteiger partial charge in [-0.25, -0.2) is 4.98 Å². The van der Waals surface area contributed by atoms with E-state index in [4.69, 9.17) is 16.3 Å². The SMILES string of the molecule is COc1ccc2nccc(N3CC(N(C)C[C@@H](O)CCl)C3)c2n1. The van der Waals surface area contributed by atoms with E-state index in [1.165, 1.54) is 0 Å². The number of aliphatic hydroxyl groups is 1. The molecule has 1 fully saturated rings. The van der Waals surface area contributed by atoms with Crippen LogP contribution in [0.15, 0.2) is 24.4 Å². The first-order valence-corrected chi connectivity index (χ1v) is 8.14. The number of hydrogen-bond acceptors (Lipinski definition) is 6. The minimum absolute atomic E-state index is 0.263. The molecule has 6 nitrogen and oxygen atoms in total. The quantitative estimate of drug-likeness (QED) is 0.804. The first-order valence-electron chi connectivity index (χ1n) is 7.61. The second-order valence-electron chi connectivity index (χ2n) is 5.86. The van der Waals surface area contributed by atoms with Crippen LogP contribution in [0.5, 0.6) is 5.88 Å². The van der Waals surface area contributed by atoms with E-state index < -0.39 is 6.10 Å².